The summed E-state index contributed by atoms with van der Waals surface area (Å²) < 4.78 is 29.5. The first kappa shape index (κ1) is 21.1. The van der Waals surface area contributed by atoms with Crippen LogP contribution >= 0.6 is 23.1 Å². The molecule has 12 heteroatoms. The van der Waals surface area contributed by atoms with Gasteiger partial charge in [-0.25, -0.2) is 8.42 Å². The van der Waals surface area contributed by atoms with Gasteiger partial charge in [-0.2, -0.15) is 0 Å². The SMILES string of the molecule is COC(=O)CSc1nnc(NC(=O)c2ccc(N(C)S(C)(=O)=O)c(C)c2)s1. The van der Waals surface area contributed by atoms with Crippen LogP contribution in [0.4, 0.5) is 10.8 Å². The molecule has 9 nitrogen and oxygen atoms in total. The Hall–Kier alpha value is -2.18. The number of anilines is 2. The third-order valence-electron chi connectivity index (χ3n) is 3.46. The molecule has 1 aromatic carbocycles. The Morgan fingerprint density at radius 2 is 2.04 bits per heavy atom. The monoisotopic (exact) mass is 430 g/mol. The first-order valence-corrected chi connectivity index (χ1v) is 11.2. The van der Waals surface area contributed by atoms with Gasteiger partial charge in [0.15, 0.2) is 4.34 Å². The molecular formula is C15H18N4O5S3. The molecule has 1 aromatic heterocycles. The Bertz CT molecular complexity index is 958. The van der Waals surface area contributed by atoms with Gasteiger partial charge in [0.25, 0.3) is 5.91 Å². The highest BCUT2D eigenvalue weighted by Gasteiger charge is 2.17. The van der Waals surface area contributed by atoms with E-state index in [4.69, 9.17) is 0 Å². The van der Waals surface area contributed by atoms with E-state index >= 15 is 0 Å². The van der Waals surface area contributed by atoms with Crippen LogP contribution in [0.25, 0.3) is 0 Å². The Labute approximate surface area is 165 Å². The molecule has 146 valence electrons. The van der Waals surface area contributed by atoms with Crippen LogP contribution in [0.15, 0.2) is 22.5 Å². The molecule has 0 atom stereocenters. The third kappa shape index (κ3) is 5.65. The number of ether oxygens (including phenoxy) is 1. The lowest BCUT2D eigenvalue weighted by atomic mass is 10.1. The molecule has 0 bridgehead atoms. The van der Waals surface area contributed by atoms with Crippen LogP contribution in [-0.4, -0.2) is 56.7 Å². The van der Waals surface area contributed by atoms with Crippen molar-refractivity contribution < 1.29 is 22.7 Å². The summed E-state index contributed by atoms with van der Waals surface area (Å²) in [7, 11) is -0.638. The molecule has 0 fully saturated rings. The predicted octanol–water partition coefficient (Wildman–Crippen LogP) is 1.76. The van der Waals surface area contributed by atoms with Gasteiger partial charge in [-0.05, 0) is 30.7 Å². The van der Waals surface area contributed by atoms with Crippen molar-refractivity contribution in [3.05, 3.63) is 29.3 Å². The Kier molecular flexibility index (Phi) is 6.78. The molecule has 1 N–H and O–H groups in total. The fourth-order valence-corrected chi connectivity index (χ4v) is 4.14. The molecule has 0 aliphatic carbocycles. The minimum Gasteiger partial charge on any atom is -0.468 e. The summed E-state index contributed by atoms with van der Waals surface area (Å²) >= 11 is 2.30. The van der Waals surface area contributed by atoms with E-state index in [1.807, 2.05) is 0 Å². The Morgan fingerprint density at radius 1 is 1.33 bits per heavy atom. The quantitative estimate of drug-likeness (QED) is 0.401. The lowest BCUT2D eigenvalue weighted by Crippen LogP contribution is -2.25. The average Bonchev–Trinajstić information content (AvgIpc) is 3.05. The van der Waals surface area contributed by atoms with Gasteiger partial charge in [-0.3, -0.25) is 19.2 Å². The van der Waals surface area contributed by atoms with Crippen LogP contribution in [0.2, 0.25) is 0 Å². The number of amides is 1. The van der Waals surface area contributed by atoms with Crippen molar-refractivity contribution in [3.63, 3.8) is 0 Å². The van der Waals surface area contributed by atoms with Crippen LogP contribution in [0.5, 0.6) is 0 Å². The standard InChI is InChI=1S/C15H18N4O5S3/c1-9-7-10(5-6-11(9)19(2)27(4,22)23)13(21)16-14-17-18-15(26-14)25-8-12(20)24-3/h5-7H,8H2,1-4H3,(H,16,17,21). The van der Waals surface area contributed by atoms with Crippen molar-refractivity contribution in [2.75, 3.05) is 35.8 Å². The molecule has 0 aliphatic heterocycles. The van der Waals surface area contributed by atoms with Crippen LogP contribution in [0.3, 0.4) is 0 Å². The molecule has 0 saturated heterocycles. The summed E-state index contributed by atoms with van der Waals surface area (Å²) in [5.74, 6) is -0.670. The Balaban J connectivity index is 2.07. The molecule has 0 spiro atoms. The highest BCUT2D eigenvalue weighted by atomic mass is 32.2. The number of aromatic nitrogens is 2. The fraction of sp³-hybridized carbons (Fsp3) is 0.333. The fourth-order valence-electron chi connectivity index (χ4n) is 2.00. The summed E-state index contributed by atoms with van der Waals surface area (Å²) in [6.07, 6.45) is 1.11. The number of benzene rings is 1. The zero-order chi connectivity index (χ0) is 20.2. The van der Waals surface area contributed by atoms with E-state index in [0.717, 1.165) is 33.7 Å². The molecule has 0 aliphatic rings. The first-order valence-electron chi connectivity index (χ1n) is 7.51. The number of hydrogen-bond acceptors (Lipinski definition) is 9. The van der Waals surface area contributed by atoms with Crippen molar-refractivity contribution in [2.45, 2.75) is 11.3 Å². The van der Waals surface area contributed by atoms with Crippen LogP contribution in [0, 0.1) is 6.92 Å². The second-order valence-corrected chi connectivity index (χ2v) is 9.64. The first-order chi connectivity index (χ1) is 12.6. The number of rotatable bonds is 7. The topological polar surface area (TPSA) is 119 Å². The Morgan fingerprint density at radius 3 is 2.63 bits per heavy atom. The van der Waals surface area contributed by atoms with Crippen molar-refractivity contribution in [1.82, 2.24) is 10.2 Å². The number of nitrogens with zero attached hydrogens (tertiary/aromatic N) is 3. The third-order valence-corrected chi connectivity index (χ3v) is 6.60. The highest BCUT2D eigenvalue weighted by Crippen LogP contribution is 2.26. The average molecular weight is 431 g/mol. The summed E-state index contributed by atoms with van der Waals surface area (Å²) in [5, 5.41) is 10.7. The maximum Gasteiger partial charge on any atom is 0.316 e. The van der Waals surface area contributed by atoms with Crippen LogP contribution in [-0.2, 0) is 19.6 Å². The van der Waals surface area contributed by atoms with Gasteiger partial charge >= 0.3 is 5.97 Å². The molecule has 2 rings (SSSR count). The van der Waals surface area contributed by atoms with Gasteiger partial charge in [0.1, 0.15) is 0 Å². The predicted molar refractivity (Wildman–Crippen MR) is 105 cm³/mol. The van der Waals surface area contributed by atoms with E-state index in [-0.39, 0.29) is 11.7 Å². The van der Waals surface area contributed by atoms with Crippen LogP contribution in [0.1, 0.15) is 15.9 Å². The minimum absolute atomic E-state index is 0.105. The van der Waals surface area contributed by atoms with E-state index in [2.05, 4.69) is 20.3 Å². The number of esters is 1. The summed E-state index contributed by atoms with van der Waals surface area (Å²) in [6.45, 7) is 1.72. The number of hydrogen-bond donors (Lipinski definition) is 1. The van der Waals surface area contributed by atoms with Crippen molar-refractivity contribution >= 4 is 55.8 Å². The highest BCUT2D eigenvalue weighted by molar-refractivity contribution is 8.01. The van der Waals surface area contributed by atoms with Gasteiger partial charge in [-0.15, -0.1) is 10.2 Å². The smallest absolute Gasteiger partial charge is 0.316 e. The molecule has 2 aromatic rings. The number of nitrogens with one attached hydrogen (secondary N) is 1. The lowest BCUT2D eigenvalue weighted by molar-refractivity contribution is -0.137. The van der Waals surface area contributed by atoms with E-state index in [9.17, 15) is 18.0 Å². The lowest BCUT2D eigenvalue weighted by Gasteiger charge is -2.19. The van der Waals surface area contributed by atoms with Gasteiger partial charge in [0.2, 0.25) is 15.2 Å². The van der Waals surface area contributed by atoms with Crippen molar-refractivity contribution in [1.29, 1.82) is 0 Å². The number of aryl methyl sites for hydroxylation is 1. The summed E-state index contributed by atoms with van der Waals surface area (Å²) in [6, 6.07) is 4.70. The number of thioether (sulfide) groups is 1. The van der Waals surface area contributed by atoms with Crippen LogP contribution < -0.4 is 9.62 Å². The molecule has 1 heterocycles. The number of carbonyl (C=O) groups excluding carboxylic acids is 2. The summed E-state index contributed by atoms with van der Waals surface area (Å²) in [5.41, 5.74) is 1.49. The van der Waals surface area contributed by atoms with Gasteiger partial charge < -0.3 is 4.74 Å². The van der Waals surface area contributed by atoms with Crippen molar-refractivity contribution in [2.24, 2.45) is 0 Å². The van der Waals surface area contributed by atoms with Gasteiger partial charge in [0, 0.05) is 12.6 Å². The zero-order valence-electron chi connectivity index (χ0n) is 15.0. The second kappa shape index (κ2) is 8.67. The van der Waals surface area contributed by atoms with Gasteiger partial charge in [0.05, 0.1) is 24.8 Å². The molecular weight excluding hydrogens is 412 g/mol. The molecule has 0 radical (unpaired) electrons. The largest absolute Gasteiger partial charge is 0.468 e. The molecule has 1 amide bonds. The summed E-state index contributed by atoms with van der Waals surface area (Å²) in [4.78, 5) is 23.5. The van der Waals surface area contributed by atoms with E-state index in [1.54, 1.807) is 19.1 Å². The number of carbonyl (C=O) groups is 2. The number of methoxy groups -OCH3 is 1. The zero-order valence-corrected chi connectivity index (χ0v) is 17.5. The van der Waals surface area contributed by atoms with Gasteiger partial charge in [-0.1, -0.05) is 23.1 Å². The number of sulfonamides is 1. The van der Waals surface area contributed by atoms with Crippen molar-refractivity contribution in [3.8, 4) is 0 Å². The molecule has 0 saturated carbocycles. The normalized spacial score (nSPS) is 11.1. The second-order valence-electron chi connectivity index (χ2n) is 5.42. The molecule has 27 heavy (non-hydrogen) atoms. The van der Waals surface area contributed by atoms with E-state index < -0.39 is 15.9 Å². The van der Waals surface area contributed by atoms with E-state index in [1.165, 1.54) is 20.2 Å². The minimum atomic E-state index is -3.39. The maximum atomic E-state index is 12.4. The molecule has 0 unspecified atom stereocenters. The van der Waals surface area contributed by atoms with E-state index in [0.29, 0.717) is 26.3 Å². The maximum absolute atomic E-state index is 12.4.